The van der Waals surface area contributed by atoms with E-state index in [-0.39, 0.29) is 18.1 Å². The molecule has 7 heteroatoms. The molecule has 0 bridgehead atoms. The van der Waals surface area contributed by atoms with Gasteiger partial charge in [-0.1, -0.05) is 19.4 Å². The summed E-state index contributed by atoms with van der Waals surface area (Å²) < 4.78 is 43.2. The summed E-state index contributed by atoms with van der Waals surface area (Å²) in [5.41, 5.74) is 1.02. The van der Waals surface area contributed by atoms with E-state index in [0.717, 1.165) is 30.5 Å². The van der Waals surface area contributed by atoms with Gasteiger partial charge in [0.2, 0.25) is 0 Å². The van der Waals surface area contributed by atoms with Crippen LogP contribution in [0.15, 0.2) is 52.9 Å². The quantitative estimate of drug-likeness (QED) is 0.553. The number of halogens is 2. The van der Waals surface area contributed by atoms with Crippen molar-refractivity contribution in [3.8, 4) is 11.5 Å². The van der Waals surface area contributed by atoms with Gasteiger partial charge in [0.15, 0.2) is 17.3 Å². The van der Waals surface area contributed by atoms with Crippen LogP contribution in [0.5, 0.6) is 11.5 Å². The molecule has 1 N–H and O–H groups in total. The van der Waals surface area contributed by atoms with E-state index in [0.29, 0.717) is 23.3 Å². The Morgan fingerprint density at radius 1 is 1.07 bits per heavy atom. The van der Waals surface area contributed by atoms with Gasteiger partial charge in [0.25, 0.3) is 5.91 Å². The van der Waals surface area contributed by atoms with Crippen molar-refractivity contribution in [1.29, 1.82) is 0 Å². The molecule has 0 saturated carbocycles. The Morgan fingerprint density at radius 3 is 2.62 bits per heavy atom. The normalized spacial score (nSPS) is 10.6. The van der Waals surface area contributed by atoms with Gasteiger partial charge in [-0.3, -0.25) is 4.79 Å². The van der Waals surface area contributed by atoms with Crippen LogP contribution in [-0.2, 0) is 13.0 Å². The molecule has 1 amide bonds. The fourth-order valence-corrected chi connectivity index (χ4v) is 2.78. The van der Waals surface area contributed by atoms with E-state index in [1.165, 1.54) is 6.07 Å². The maximum Gasteiger partial charge on any atom is 0.291 e. The van der Waals surface area contributed by atoms with Crippen LogP contribution in [0.25, 0.3) is 0 Å². The molecule has 0 radical (unpaired) electrons. The molecule has 0 fully saturated rings. The van der Waals surface area contributed by atoms with Crippen LogP contribution in [0.2, 0.25) is 0 Å². The Kier molecular flexibility index (Phi) is 6.49. The third kappa shape index (κ3) is 5.13. The Balaban J connectivity index is 1.63. The average molecular weight is 401 g/mol. The minimum atomic E-state index is -0.868. The SMILES string of the molecule is CCCc1ccc(OCc2ccc(C(=O)Nc3ccc(F)cc3F)o2)c(OC)c1. The fraction of sp³-hybridized carbons (Fsp3) is 0.227. The van der Waals surface area contributed by atoms with Crippen LogP contribution in [0, 0.1) is 11.6 Å². The number of hydrogen-bond acceptors (Lipinski definition) is 4. The number of ether oxygens (including phenoxy) is 2. The smallest absolute Gasteiger partial charge is 0.291 e. The molecule has 0 aliphatic heterocycles. The highest BCUT2D eigenvalue weighted by molar-refractivity contribution is 6.02. The highest BCUT2D eigenvalue weighted by Gasteiger charge is 2.15. The summed E-state index contributed by atoms with van der Waals surface area (Å²) in [5, 5.41) is 2.34. The predicted molar refractivity (Wildman–Crippen MR) is 104 cm³/mol. The molecule has 29 heavy (non-hydrogen) atoms. The van der Waals surface area contributed by atoms with Crippen molar-refractivity contribution in [3.63, 3.8) is 0 Å². The summed E-state index contributed by atoms with van der Waals surface area (Å²) in [7, 11) is 1.57. The first-order valence-electron chi connectivity index (χ1n) is 9.15. The summed E-state index contributed by atoms with van der Waals surface area (Å²) in [5.74, 6) is -0.672. The van der Waals surface area contributed by atoms with Crippen LogP contribution < -0.4 is 14.8 Å². The van der Waals surface area contributed by atoms with Crippen LogP contribution in [0.4, 0.5) is 14.5 Å². The first-order valence-corrected chi connectivity index (χ1v) is 9.15. The molecule has 0 unspecified atom stereocenters. The van der Waals surface area contributed by atoms with Gasteiger partial charge in [-0.25, -0.2) is 8.78 Å². The molecule has 1 heterocycles. The lowest BCUT2D eigenvalue weighted by Gasteiger charge is -2.11. The van der Waals surface area contributed by atoms with Crippen molar-refractivity contribution < 1.29 is 27.5 Å². The Labute approximate surface area is 167 Å². The molecule has 0 atom stereocenters. The molecule has 3 aromatic rings. The lowest BCUT2D eigenvalue weighted by atomic mass is 10.1. The molecule has 1 aromatic heterocycles. The minimum Gasteiger partial charge on any atom is -0.493 e. The second-order valence-electron chi connectivity index (χ2n) is 6.37. The van der Waals surface area contributed by atoms with Gasteiger partial charge >= 0.3 is 0 Å². The van der Waals surface area contributed by atoms with Gasteiger partial charge in [0.05, 0.1) is 12.8 Å². The van der Waals surface area contributed by atoms with Crippen molar-refractivity contribution >= 4 is 11.6 Å². The highest BCUT2D eigenvalue weighted by atomic mass is 19.1. The number of rotatable bonds is 8. The number of nitrogens with one attached hydrogen (secondary N) is 1. The van der Waals surface area contributed by atoms with Crippen LogP contribution >= 0.6 is 0 Å². The minimum absolute atomic E-state index is 0.0161. The summed E-state index contributed by atoms with van der Waals surface area (Å²) in [6.07, 6.45) is 1.98. The lowest BCUT2D eigenvalue weighted by molar-refractivity contribution is 0.0992. The van der Waals surface area contributed by atoms with E-state index in [9.17, 15) is 13.6 Å². The van der Waals surface area contributed by atoms with Crippen molar-refractivity contribution in [2.75, 3.05) is 12.4 Å². The van der Waals surface area contributed by atoms with Crippen molar-refractivity contribution in [2.24, 2.45) is 0 Å². The van der Waals surface area contributed by atoms with E-state index in [2.05, 4.69) is 12.2 Å². The molecule has 152 valence electrons. The molecular formula is C22H21F2NO4. The van der Waals surface area contributed by atoms with Gasteiger partial charge in [0, 0.05) is 6.07 Å². The molecule has 0 saturated heterocycles. The molecule has 3 rings (SSSR count). The molecule has 0 spiro atoms. The standard InChI is InChI=1S/C22H21F2NO4/c1-3-4-14-5-9-19(21(11-14)27-2)28-13-16-7-10-20(29-16)22(26)25-18-8-6-15(23)12-17(18)24/h5-12H,3-4,13H2,1-2H3,(H,25,26). The van der Waals surface area contributed by atoms with Gasteiger partial charge in [-0.15, -0.1) is 0 Å². The van der Waals surface area contributed by atoms with E-state index >= 15 is 0 Å². The van der Waals surface area contributed by atoms with Crippen LogP contribution in [0.1, 0.15) is 35.2 Å². The van der Waals surface area contributed by atoms with E-state index in [1.54, 1.807) is 13.2 Å². The molecule has 2 aromatic carbocycles. The summed E-state index contributed by atoms with van der Waals surface area (Å²) >= 11 is 0. The Hall–Kier alpha value is -3.35. The van der Waals surface area contributed by atoms with Gasteiger partial charge in [-0.2, -0.15) is 0 Å². The number of hydrogen-bond donors (Lipinski definition) is 1. The maximum atomic E-state index is 13.7. The summed E-state index contributed by atoms with van der Waals surface area (Å²) in [4.78, 5) is 12.2. The highest BCUT2D eigenvalue weighted by Crippen LogP contribution is 2.29. The molecule has 0 aliphatic rings. The zero-order valence-electron chi connectivity index (χ0n) is 16.1. The van der Waals surface area contributed by atoms with Crippen molar-refractivity contribution in [1.82, 2.24) is 0 Å². The van der Waals surface area contributed by atoms with Gasteiger partial charge < -0.3 is 19.2 Å². The zero-order valence-corrected chi connectivity index (χ0v) is 16.1. The number of amides is 1. The van der Waals surface area contributed by atoms with Gasteiger partial charge in [-0.05, 0) is 48.4 Å². The number of furan rings is 1. The second kappa shape index (κ2) is 9.23. The molecular weight excluding hydrogens is 380 g/mol. The summed E-state index contributed by atoms with van der Waals surface area (Å²) in [6.45, 7) is 2.19. The largest absolute Gasteiger partial charge is 0.493 e. The van der Waals surface area contributed by atoms with E-state index in [1.807, 2.05) is 18.2 Å². The molecule has 0 aliphatic carbocycles. The third-order valence-electron chi connectivity index (χ3n) is 4.20. The van der Waals surface area contributed by atoms with E-state index < -0.39 is 17.5 Å². The summed E-state index contributed by atoms with van der Waals surface area (Å²) in [6, 6.07) is 11.7. The topological polar surface area (TPSA) is 60.7 Å². The monoisotopic (exact) mass is 401 g/mol. The Morgan fingerprint density at radius 2 is 1.90 bits per heavy atom. The van der Waals surface area contributed by atoms with Crippen LogP contribution in [0.3, 0.4) is 0 Å². The second-order valence-corrected chi connectivity index (χ2v) is 6.37. The lowest BCUT2D eigenvalue weighted by Crippen LogP contribution is -2.12. The number of carbonyl (C=O) groups is 1. The van der Waals surface area contributed by atoms with Crippen molar-refractivity contribution in [3.05, 3.63) is 77.2 Å². The third-order valence-corrected chi connectivity index (χ3v) is 4.20. The zero-order chi connectivity index (χ0) is 20.8. The number of aryl methyl sites for hydroxylation is 1. The van der Waals surface area contributed by atoms with Gasteiger partial charge in [0.1, 0.15) is 24.0 Å². The molecule has 5 nitrogen and oxygen atoms in total. The maximum absolute atomic E-state index is 13.7. The van der Waals surface area contributed by atoms with Crippen LogP contribution in [-0.4, -0.2) is 13.0 Å². The first-order chi connectivity index (χ1) is 14.0. The number of anilines is 1. The fourth-order valence-electron chi connectivity index (χ4n) is 2.78. The number of carbonyl (C=O) groups excluding carboxylic acids is 1. The number of methoxy groups -OCH3 is 1. The first kappa shape index (κ1) is 20.4. The average Bonchev–Trinajstić information content (AvgIpc) is 3.18. The predicted octanol–water partition coefficient (Wildman–Crippen LogP) is 5.35. The number of benzene rings is 2. The Bertz CT molecular complexity index is 1000. The van der Waals surface area contributed by atoms with E-state index in [4.69, 9.17) is 13.9 Å². The van der Waals surface area contributed by atoms with Crippen molar-refractivity contribution in [2.45, 2.75) is 26.4 Å².